The van der Waals surface area contributed by atoms with Crippen molar-refractivity contribution in [3.8, 4) is 0 Å². The van der Waals surface area contributed by atoms with Crippen molar-refractivity contribution in [2.45, 2.75) is 19.4 Å². The molecule has 0 bridgehead atoms. The first-order valence-corrected chi connectivity index (χ1v) is 9.07. The van der Waals surface area contributed by atoms with Gasteiger partial charge in [-0.05, 0) is 30.7 Å². The Labute approximate surface area is 160 Å². The molecule has 0 aliphatic carbocycles. The molecule has 4 rings (SSSR count). The van der Waals surface area contributed by atoms with Crippen molar-refractivity contribution in [3.05, 3.63) is 71.4 Å². The minimum absolute atomic E-state index is 0.0930. The van der Waals surface area contributed by atoms with Crippen LogP contribution in [0.15, 0.2) is 48.8 Å². The number of rotatable bonds is 5. The zero-order chi connectivity index (χ0) is 19.5. The third-order valence-electron chi connectivity index (χ3n) is 4.83. The zero-order valence-electron chi connectivity index (χ0n) is 15.1. The fraction of sp³-hybridized carbons (Fsp3) is 0.238. The van der Waals surface area contributed by atoms with Crippen molar-refractivity contribution in [3.63, 3.8) is 0 Å². The van der Waals surface area contributed by atoms with E-state index < -0.39 is 17.8 Å². The molecule has 1 aromatic carbocycles. The molecular weight excluding hydrogens is 365 g/mol. The first-order valence-electron chi connectivity index (χ1n) is 9.07. The van der Waals surface area contributed by atoms with Crippen LogP contribution in [-0.4, -0.2) is 23.1 Å². The molecule has 0 saturated heterocycles. The van der Waals surface area contributed by atoms with Crippen LogP contribution in [0.2, 0.25) is 0 Å². The number of anilines is 1. The lowest BCUT2D eigenvalue weighted by Crippen LogP contribution is -2.20. The van der Waals surface area contributed by atoms with E-state index in [9.17, 15) is 13.2 Å². The van der Waals surface area contributed by atoms with Crippen LogP contribution < -0.4 is 10.6 Å². The zero-order valence-corrected chi connectivity index (χ0v) is 15.1. The fourth-order valence-corrected chi connectivity index (χ4v) is 3.33. The number of fused-ring (bicyclic) bond motifs is 1. The Balaban J connectivity index is 1.64. The number of halogens is 3. The van der Waals surface area contributed by atoms with Crippen LogP contribution in [0.25, 0.3) is 16.5 Å². The lowest BCUT2D eigenvalue weighted by molar-refractivity contribution is 0.146. The van der Waals surface area contributed by atoms with Gasteiger partial charge in [-0.3, -0.25) is 9.97 Å². The van der Waals surface area contributed by atoms with Crippen LogP contribution in [0, 0.1) is 5.82 Å². The molecule has 4 nitrogen and oxygen atoms in total. The van der Waals surface area contributed by atoms with E-state index in [1.165, 1.54) is 17.7 Å². The van der Waals surface area contributed by atoms with Gasteiger partial charge in [-0.15, -0.1) is 0 Å². The SMILES string of the molecule is Fc1c(CNc2ccnc3cnc(C4=CCNCC4)cc23)cccc1C(F)F. The Kier molecular flexibility index (Phi) is 5.25. The van der Waals surface area contributed by atoms with Crippen molar-refractivity contribution in [2.24, 2.45) is 0 Å². The molecule has 2 aromatic heterocycles. The second-order valence-electron chi connectivity index (χ2n) is 6.60. The summed E-state index contributed by atoms with van der Waals surface area (Å²) in [4.78, 5) is 8.84. The standard InChI is InChI=1S/C21H19F3N4/c22-20-14(2-1-3-15(20)21(23)24)11-27-17-6-9-26-19-12-28-18(10-16(17)19)13-4-7-25-8-5-13/h1-4,6,9-10,12,21,25H,5,7-8,11H2,(H,26,27). The molecule has 7 heteroatoms. The van der Waals surface area contributed by atoms with Gasteiger partial charge in [-0.25, -0.2) is 13.2 Å². The highest BCUT2D eigenvalue weighted by Gasteiger charge is 2.16. The first-order chi connectivity index (χ1) is 13.6. The van der Waals surface area contributed by atoms with Gasteiger partial charge < -0.3 is 10.6 Å². The van der Waals surface area contributed by atoms with Crippen LogP contribution in [0.5, 0.6) is 0 Å². The quantitative estimate of drug-likeness (QED) is 0.670. The number of nitrogens with one attached hydrogen (secondary N) is 2. The third-order valence-corrected chi connectivity index (χ3v) is 4.83. The van der Waals surface area contributed by atoms with Crippen LogP contribution in [0.1, 0.15) is 29.7 Å². The number of hydrogen-bond acceptors (Lipinski definition) is 4. The Morgan fingerprint density at radius 1 is 1.18 bits per heavy atom. The molecule has 0 saturated carbocycles. The second kappa shape index (κ2) is 7.98. The molecule has 28 heavy (non-hydrogen) atoms. The van der Waals surface area contributed by atoms with E-state index in [0.717, 1.165) is 42.3 Å². The highest BCUT2D eigenvalue weighted by atomic mass is 19.3. The lowest BCUT2D eigenvalue weighted by Gasteiger charge is -2.15. The summed E-state index contributed by atoms with van der Waals surface area (Å²) in [5.74, 6) is -0.870. The molecule has 0 radical (unpaired) electrons. The Morgan fingerprint density at radius 2 is 2.07 bits per heavy atom. The maximum Gasteiger partial charge on any atom is 0.266 e. The van der Waals surface area contributed by atoms with E-state index in [-0.39, 0.29) is 12.1 Å². The summed E-state index contributed by atoms with van der Waals surface area (Å²) in [6.45, 7) is 1.81. The summed E-state index contributed by atoms with van der Waals surface area (Å²) < 4.78 is 40.1. The first kappa shape index (κ1) is 18.4. The van der Waals surface area contributed by atoms with Crippen molar-refractivity contribution < 1.29 is 13.2 Å². The lowest BCUT2D eigenvalue weighted by atomic mass is 10.0. The summed E-state index contributed by atoms with van der Waals surface area (Å²) in [7, 11) is 0. The molecule has 1 aliphatic rings. The van der Waals surface area contributed by atoms with Gasteiger partial charge in [0, 0.05) is 35.9 Å². The van der Waals surface area contributed by atoms with Crippen molar-refractivity contribution >= 4 is 22.2 Å². The number of benzene rings is 1. The molecule has 144 valence electrons. The van der Waals surface area contributed by atoms with Crippen LogP contribution in [0.4, 0.5) is 18.9 Å². The number of pyridine rings is 2. The highest BCUT2D eigenvalue weighted by molar-refractivity contribution is 5.92. The van der Waals surface area contributed by atoms with E-state index >= 15 is 0 Å². The molecule has 0 unspecified atom stereocenters. The number of aromatic nitrogens is 2. The van der Waals surface area contributed by atoms with Crippen LogP contribution in [-0.2, 0) is 6.54 Å². The topological polar surface area (TPSA) is 49.8 Å². The highest BCUT2D eigenvalue weighted by Crippen LogP contribution is 2.28. The van der Waals surface area contributed by atoms with Gasteiger partial charge >= 0.3 is 0 Å². The van der Waals surface area contributed by atoms with Gasteiger partial charge in [-0.1, -0.05) is 24.3 Å². The number of hydrogen-bond donors (Lipinski definition) is 2. The van der Waals surface area contributed by atoms with E-state index in [0.29, 0.717) is 5.52 Å². The Hall–Kier alpha value is -2.93. The third kappa shape index (κ3) is 3.71. The van der Waals surface area contributed by atoms with Gasteiger partial charge in [0.2, 0.25) is 0 Å². The van der Waals surface area contributed by atoms with Gasteiger partial charge in [0.1, 0.15) is 5.82 Å². The minimum Gasteiger partial charge on any atom is -0.380 e. The Morgan fingerprint density at radius 3 is 2.86 bits per heavy atom. The maximum absolute atomic E-state index is 14.3. The maximum atomic E-state index is 14.3. The molecule has 0 atom stereocenters. The van der Waals surface area contributed by atoms with E-state index in [1.807, 2.05) is 6.07 Å². The number of nitrogens with zero attached hydrogens (tertiary/aromatic N) is 2. The summed E-state index contributed by atoms with van der Waals surface area (Å²) in [5, 5.41) is 7.29. The monoisotopic (exact) mass is 384 g/mol. The molecule has 1 aliphatic heterocycles. The van der Waals surface area contributed by atoms with Crippen molar-refractivity contribution in [2.75, 3.05) is 18.4 Å². The predicted octanol–water partition coefficient (Wildman–Crippen LogP) is 4.70. The molecule has 0 spiro atoms. The van der Waals surface area contributed by atoms with Gasteiger partial charge in [-0.2, -0.15) is 0 Å². The normalized spacial score (nSPS) is 14.4. The van der Waals surface area contributed by atoms with E-state index in [4.69, 9.17) is 0 Å². The minimum atomic E-state index is -2.84. The summed E-state index contributed by atoms with van der Waals surface area (Å²) in [6.07, 6.45) is 3.53. The van der Waals surface area contributed by atoms with Crippen molar-refractivity contribution in [1.29, 1.82) is 0 Å². The Bertz CT molecular complexity index is 1030. The van der Waals surface area contributed by atoms with Crippen LogP contribution >= 0.6 is 0 Å². The average Bonchev–Trinajstić information content (AvgIpc) is 2.73. The fourth-order valence-electron chi connectivity index (χ4n) is 3.33. The molecular formula is C21H19F3N4. The summed E-state index contributed by atoms with van der Waals surface area (Å²) in [6, 6.07) is 7.81. The molecule has 2 N–H and O–H groups in total. The van der Waals surface area contributed by atoms with E-state index in [2.05, 4.69) is 26.7 Å². The van der Waals surface area contributed by atoms with E-state index in [1.54, 1.807) is 18.5 Å². The molecule has 3 heterocycles. The van der Waals surface area contributed by atoms with Gasteiger partial charge in [0.25, 0.3) is 6.43 Å². The predicted molar refractivity (Wildman–Crippen MR) is 104 cm³/mol. The number of alkyl halides is 2. The summed E-state index contributed by atoms with van der Waals surface area (Å²) >= 11 is 0. The van der Waals surface area contributed by atoms with Gasteiger partial charge in [0.15, 0.2) is 0 Å². The second-order valence-corrected chi connectivity index (χ2v) is 6.60. The average molecular weight is 384 g/mol. The van der Waals surface area contributed by atoms with Crippen molar-refractivity contribution in [1.82, 2.24) is 15.3 Å². The molecule has 0 amide bonds. The smallest absolute Gasteiger partial charge is 0.266 e. The molecule has 3 aromatic rings. The summed E-state index contributed by atoms with van der Waals surface area (Å²) in [5.41, 5.74) is 3.14. The molecule has 0 fully saturated rings. The van der Waals surface area contributed by atoms with Gasteiger partial charge in [0.05, 0.1) is 23.0 Å². The largest absolute Gasteiger partial charge is 0.380 e. The van der Waals surface area contributed by atoms with Crippen LogP contribution in [0.3, 0.4) is 0 Å².